The Balaban J connectivity index is 2.20. The predicted molar refractivity (Wildman–Crippen MR) is 62.5 cm³/mol. The van der Waals surface area contributed by atoms with E-state index in [9.17, 15) is 0 Å². The van der Waals surface area contributed by atoms with Gasteiger partial charge in [0.15, 0.2) is 0 Å². The molecule has 0 spiro atoms. The standard InChI is InChI=1S/C12H26N2/c1-12(2,3)9-13-8-11(14(4)5)10-6-7-10/h10-11,13H,6-9H2,1-5H3. The van der Waals surface area contributed by atoms with Gasteiger partial charge in [-0.05, 0) is 38.3 Å². The molecule has 0 amide bonds. The molecule has 1 saturated carbocycles. The van der Waals surface area contributed by atoms with E-state index in [0.717, 1.165) is 25.0 Å². The highest BCUT2D eigenvalue weighted by molar-refractivity contribution is 4.87. The van der Waals surface area contributed by atoms with Crippen LogP contribution in [0.25, 0.3) is 0 Å². The van der Waals surface area contributed by atoms with Gasteiger partial charge in [0.2, 0.25) is 0 Å². The molecule has 0 aromatic rings. The summed E-state index contributed by atoms with van der Waals surface area (Å²) in [6.07, 6.45) is 2.86. The fourth-order valence-corrected chi connectivity index (χ4v) is 1.85. The van der Waals surface area contributed by atoms with E-state index in [-0.39, 0.29) is 0 Å². The topological polar surface area (TPSA) is 15.3 Å². The Labute approximate surface area is 89.1 Å². The van der Waals surface area contributed by atoms with Crippen LogP contribution in [0.15, 0.2) is 0 Å². The highest BCUT2D eigenvalue weighted by atomic mass is 15.1. The molecular weight excluding hydrogens is 172 g/mol. The van der Waals surface area contributed by atoms with Crippen LogP contribution < -0.4 is 5.32 Å². The van der Waals surface area contributed by atoms with Gasteiger partial charge in [-0.3, -0.25) is 0 Å². The molecule has 2 nitrogen and oxygen atoms in total. The fraction of sp³-hybridized carbons (Fsp3) is 1.00. The van der Waals surface area contributed by atoms with Gasteiger partial charge in [-0.1, -0.05) is 20.8 Å². The number of nitrogens with one attached hydrogen (secondary N) is 1. The molecule has 1 rings (SSSR count). The Morgan fingerprint density at radius 1 is 1.29 bits per heavy atom. The number of nitrogens with zero attached hydrogens (tertiary/aromatic N) is 1. The molecule has 1 aliphatic carbocycles. The molecule has 0 aliphatic heterocycles. The van der Waals surface area contributed by atoms with Crippen LogP contribution >= 0.6 is 0 Å². The van der Waals surface area contributed by atoms with Gasteiger partial charge in [0.1, 0.15) is 0 Å². The van der Waals surface area contributed by atoms with E-state index >= 15 is 0 Å². The normalized spacial score (nSPS) is 20.1. The summed E-state index contributed by atoms with van der Waals surface area (Å²) in [6, 6.07) is 0.748. The van der Waals surface area contributed by atoms with Crippen molar-refractivity contribution in [1.29, 1.82) is 0 Å². The third-order valence-corrected chi connectivity index (χ3v) is 2.84. The molecule has 14 heavy (non-hydrogen) atoms. The van der Waals surface area contributed by atoms with Crippen LogP contribution in [0.5, 0.6) is 0 Å². The highest BCUT2D eigenvalue weighted by Crippen LogP contribution is 2.34. The predicted octanol–water partition coefficient (Wildman–Crippen LogP) is 1.96. The van der Waals surface area contributed by atoms with Gasteiger partial charge in [0.05, 0.1) is 0 Å². The van der Waals surface area contributed by atoms with Crippen LogP contribution in [0.1, 0.15) is 33.6 Å². The second-order valence-electron chi connectivity index (χ2n) is 6.06. The first kappa shape index (κ1) is 12.0. The molecule has 1 fully saturated rings. The van der Waals surface area contributed by atoms with Crippen molar-refractivity contribution in [3.8, 4) is 0 Å². The van der Waals surface area contributed by atoms with Crippen LogP contribution in [-0.2, 0) is 0 Å². The SMILES string of the molecule is CN(C)C(CNCC(C)(C)C)C1CC1. The summed E-state index contributed by atoms with van der Waals surface area (Å²) in [5.41, 5.74) is 0.403. The summed E-state index contributed by atoms with van der Waals surface area (Å²) >= 11 is 0. The zero-order valence-electron chi connectivity index (χ0n) is 10.4. The van der Waals surface area contributed by atoms with E-state index in [4.69, 9.17) is 0 Å². The average Bonchev–Trinajstić information content (AvgIpc) is 2.77. The van der Waals surface area contributed by atoms with Gasteiger partial charge in [-0.15, -0.1) is 0 Å². The van der Waals surface area contributed by atoms with Crippen molar-refractivity contribution in [3.05, 3.63) is 0 Å². The maximum Gasteiger partial charge on any atom is 0.0242 e. The molecule has 2 heteroatoms. The summed E-state index contributed by atoms with van der Waals surface area (Å²) in [4.78, 5) is 2.37. The van der Waals surface area contributed by atoms with E-state index in [2.05, 4.69) is 45.1 Å². The largest absolute Gasteiger partial charge is 0.315 e. The van der Waals surface area contributed by atoms with Gasteiger partial charge in [-0.2, -0.15) is 0 Å². The Bertz CT molecular complexity index is 164. The molecule has 0 aromatic carbocycles. The fourth-order valence-electron chi connectivity index (χ4n) is 1.85. The summed E-state index contributed by atoms with van der Waals surface area (Å²) in [6.45, 7) is 9.10. The first-order valence-electron chi connectivity index (χ1n) is 5.77. The molecular formula is C12H26N2. The average molecular weight is 198 g/mol. The van der Waals surface area contributed by atoms with Gasteiger partial charge < -0.3 is 10.2 Å². The minimum absolute atomic E-state index is 0.403. The lowest BCUT2D eigenvalue weighted by atomic mass is 9.97. The van der Waals surface area contributed by atoms with Crippen LogP contribution in [0.4, 0.5) is 0 Å². The Hall–Kier alpha value is -0.0800. The molecule has 1 unspecified atom stereocenters. The smallest absolute Gasteiger partial charge is 0.0242 e. The first-order valence-corrected chi connectivity index (χ1v) is 5.77. The number of hydrogen-bond acceptors (Lipinski definition) is 2. The second-order valence-corrected chi connectivity index (χ2v) is 6.06. The first-order chi connectivity index (χ1) is 6.40. The van der Waals surface area contributed by atoms with E-state index in [1.54, 1.807) is 0 Å². The number of likely N-dealkylation sites (N-methyl/N-ethyl adjacent to an activating group) is 1. The number of rotatable bonds is 5. The summed E-state index contributed by atoms with van der Waals surface area (Å²) in [5.74, 6) is 0.956. The lowest BCUT2D eigenvalue weighted by Gasteiger charge is -2.27. The van der Waals surface area contributed by atoms with Gasteiger partial charge in [-0.25, -0.2) is 0 Å². The van der Waals surface area contributed by atoms with Crippen LogP contribution in [0.3, 0.4) is 0 Å². The van der Waals surface area contributed by atoms with Crippen LogP contribution in [0.2, 0.25) is 0 Å². The molecule has 0 bridgehead atoms. The highest BCUT2D eigenvalue weighted by Gasteiger charge is 2.32. The quantitative estimate of drug-likeness (QED) is 0.726. The van der Waals surface area contributed by atoms with Crippen molar-refractivity contribution in [2.75, 3.05) is 27.2 Å². The van der Waals surface area contributed by atoms with Gasteiger partial charge in [0.25, 0.3) is 0 Å². The zero-order valence-corrected chi connectivity index (χ0v) is 10.4. The lowest BCUT2D eigenvalue weighted by Crippen LogP contribution is -2.41. The van der Waals surface area contributed by atoms with E-state index in [0.29, 0.717) is 5.41 Å². The Morgan fingerprint density at radius 2 is 1.86 bits per heavy atom. The molecule has 0 saturated heterocycles. The van der Waals surface area contributed by atoms with Crippen molar-refractivity contribution < 1.29 is 0 Å². The molecule has 1 atom stereocenters. The molecule has 84 valence electrons. The van der Waals surface area contributed by atoms with E-state index in [1.807, 2.05) is 0 Å². The maximum atomic E-state index is 3.59. The van der Waals surface area contributed by atoms with Gasteiger partial charge >= 0.3 is 0 Å². The van der Waals surface area contributed by atoms with Crippen molar-refractivity contribution in [1.82, 2.24) is 10.2 Å². The monoisotopic (exact) mass is 198 g/mol. The molecule has 0 heterocycles. The van der Waals surface area contributed by atoms with Crippen molar-refractivity contribution in [2.45, 2.75) is 39.7 Å². The summed E-state index contributed by atoms with van der Waals surface area (Å²) in [5, 5.41) is 3.59. The number of hydrogen-bond donors (Lipinski definition) is 1. The molecule has 1 N–H and O–H groups in total. The van der Waals surface area contributed by atoms with Crippen molar-refractivity contribution >= 4 is 0 Å². The van der Waals surface area contributed by atoms with Crippen LogP contribution in [-0.4, -0.2) is 38.1 Å². The van der Waals surface area contributed by atoms with E-state index < -0.39 is 0 Å². The maximum absolute atomic E-state index is 3.59. The lowest BCUT2D eigenvalue weighted by molar-refractivity contribution is 0.245. The third kappa shape index (κ3) is 4.43. The minimum Gasteiger partial charge on any atom is -0.315 e. The van der Waals surface area contributed by atoms with Crippen LogP contribution in [0, 0.1) is 11.3 Å². The summed E-state index contributed by atoms with van der Waals surface area (Å²) in [7, 11) is 4.39. The third-order valence-electron chi connectivity index (χ3n) is 2.84. The van der Waals surface area contributed by atoms with E-state index in [1.165, 1.54) is 12.8 Å². The Kier molecular flexibility index (Phi) is 3.96. The molecule has 1 aliphatic rings. The molecule has 0 radical (unpaired) electrons. The Morgan fingerprint density at radius 3 is 2.21 bits per heavy atom. The molecule has 0 aromatic heterocycles. The zero-order chi connectivity index (χ0) is 10.8. The second kappa shape index (κ2) is 4.63. The van der Waals surface area contributed by atoms with Crippen molar-refractivity contribution in [3.63, 3.8) is 0 Å². The van der Waals surface area contributed by atoms with Gasteiger partial charge in [0, 0.05) is 19.1 Å². The summed E-state index contributed by atoms with van der Waals surface area (Å²) < 4.78 is 0. The van der Waals surface area contributed by atoms with Crippen molar-refractivity contribution in [2.24, 2.45) is 11.3 Å². The minimum atomic E-state index is 0.403.